The van der Waals surface area contributed by atoms with Gasteiger partial charge in [-0.25, -0.2) is 0 Å². The molecule has 0 saturated carbocycles. The van der Waals surface area contributed by atoms with E-state index >= 15 is 3.52 Å². The Morgan fingerprint density at radius 1 is 0.952 bits per heavy atom. The molecule has 220 valence electrons. The number of hydrogen-bond acceptors (Lipinski definition) is 10. The molecule has 12 heteroatoms. The summed E-state index contributed by atoms with van der Waals surface area (Å²) in [4.78, 5) is 44.7. The van der Waals surface area contributed by atoms with Crippen LogP contribution in [0.4, 0.5) is 9.21 Å². The number of ether oxygens (including phenoxy) is 3. The molecule has 0 aliphatic carbocycles. The fourth-order valence-corrected chi connectivity index (χ4v) is 9.09. The lowest BCUT2D eigenvalue weighted by molar-refractivity contribution is -0.165. The number of hydrogen-bond donors (Lipinski definition) is 0. The monoisotopic (exact) mass is 592 g/mol. The minimum absolute atomic E-state index is 0.00959. The van der Waals surface area contributed by atoms with E-state index in [1.165, 1.54) is 0 Å². The first-order valence-corrected chi connectivity index (χ1v) is 15.8. The molecule has 2 spiro atoms. The quantitative estimate of drug-likeness (QED) is 0.141. The number of allylic oxidation sites excluding steroid dienone is 1. The molecule has 42 heavy (non-hydrogen) atoms. The molecule has 10 nitrogen and oxygen atoms in total. The van der Waals surface area contributed by atoms with Crippen LogP contribution in [0.15, 0.2) is 54.6 Å². The second-order valence-corrected chi connectivity index (χ2v) is 13.6. The highest BCUT2D eigenvalue weighted by Gasteiger charge is 2.99. The molecule has 2 aromatic rings. The number of rotatable bonds is 9. The van der Waals surface area contributed by atoms with Crippen molar-refractivity contribution in [3.63, 3.8) is 0 Å². The minimum Gasteiger partial charge on any atom is -0.494 e. The van der Waals surface area contributed by atoms with Crippen molar-refractivity contribution in [3.05, 3.63) is 65.7 Å². The standard InChI is InChI=1S/C30H34N4O6.Al.FH/c1-31(2)24-9-4-22(5-10-24)6-13-26(35)23-7-11-25(12-8-23)38-19-3-14-32-15-17-33-20-27(36)39-29(33)30-34(18-16-32)21-28(37)40-30;;/h4-13H,3,14-21H2,1-2H3;;1H/q;+1;/p-1/b13-6+;;. The first-order chi connectivity index (χ1) is 20.2. The van der Waals surface area contributed by atoms with E-state index in [0.717, 1.165) is 24.2 Å². The van der Waals surface area contributed by atoms with Gasteiger partial charge in [0.05, 0.1) is 19.7 Å². The highest BCUT2D eigenvalue weighted by Crippen LogP contribution is 2.60. The summed E-state index contributed by atoms with van der Waals surface area (Å²) in [5, 5.41) is 0. The molecule has 4 saturated heterocycles. The van der Waals surface area contributed by atoms with E-state index < -0.39 is 35.7 Å². The third kappa shape index (κ3) is 5.12. The molecule has 2 atom stereocenters. The second-order valence-electron chi connectivity index (χ2n) is 11.3. The topological polar surface area (TPSA) is 91.9 Å². The number of carbonyl (C=O) groups is 3. The number of esters is 2. The van der Waals surface area contributed by atoms with Crippen molar-refractivity contribution in [2.24, 2.45) is 0 Å². The number of carbonyl (C=O) groups excluding carboxylic acids is 3. The summed E-state index contributed by atoms with van der Waals surface area (Å²) >= 11 is -3.19. The van der Waals surface area contributed by atoms with Gasteiger partial charge in [0.2, 0.25) is 0 Å². The summed E-state index contributed by atoms with van der Waals surface area (Å²) in [5.41, 5.74) is 2.64. The van der Waals surface area contributed by atoms with Crippen LogP contribution in [0.5, 0.6) is 5.75 Å². The van der Waals surface area contributed by atoms with Crippen LogP contribution >= 0.6 is 0 Å². The largest absolute Gasteiger partial charge is 0.672 e. The average Bonchev–Trinajstić information content (AvgIpc) is 3.24. The molecule has 0 amide bonds. The molecule has 6 rings (SSSR count). The van der Waals surface area contributed by atoms with Gasteiger partial charge in [0.15, 0.2) is 15.0 Å². The molecule has 4 fully saturated rings. The van der Waals surface area contributed by atoms with Crippen molar-refractivity contribution >= 4 is 44.1 Å². The maximum absolute atomic E-state index is 15.4. The molecule has 0 aromatic heterocycles. The molecule has 4 heterocycles. The Bertz CT molecular complexity index is 1350. The van der Waals surface area contributed by atoms with Gasteiger partial charge in [0, 0.05) is 58.1 Å². The highest BCUT2D eigenvalue weighted by molar-refractivity contribution is 6.72. The van der Waals surface area contributed by atoms with Gasteiger partial charge >= 0.3 is 26.5 Å². The summed E-state index contributed by atoms with van der Waals surface area (Å²) in [6.07, 6.45) is 4.13. The van der Waals surface area contributed by atoms with Gasteiger partial charge in [0.1, 0.15) is 5.75 Å². The number of benzene rings is 2. The lowest BCUT2D eigenvalue weighted by Gasteiger charge is -2.29. The van der Waals surface area contributed by atoms with E-state index in [0.29, 0.717) is 44.1 Å². The summed E-state index contributed by atoms with van der Waals surface area (Å²) in [6.45, 7) is 3.43. The highest BCUT2D eigenvalue weighted by atomic mass is 27.2. The molecule has 2 aromatic carbocycles. The van der Waals surface area contributed by atoms with Gasteiger partial charge in [-0.1, -0.05) is 18.2 Å². The Labute approximate surface area is 249 Å². The summed E-state index contributed by atoms with van der Waals surface area (Å²) < 4.78 is 29.6. The second kappa shape index (κ2) is 11.4. The molecule has 4 aliphatic heterocycles. The normalized spacial score (nSPS) is 26.0. The third-order valence-electron chi connectivity index (χ3n) is 8.47. The number of halogens is 1. The molecule has 4 aliphatic rings. The molecular formula is C30H34AlFN4O6. The van der Waals surface area contributed by atoms with Crippen LogP contribution in [-0.4, -0.2) is 123 Å². The van der Waals surface area contributed by atoms with Crippen molar-refractivity contribution < 1.29 is 32.1 Å². The van der Waals surface area contributed by atoms with E-state index in [2.05, 4.69) is 4.90 Å². The lowest BCUT2D eigenvalue weighted by Crippen LogP contribution is -2.47. The number of anilines is 1. The van der Waals surface area contributed by atoms with Gasteiger partial charge in [-0.2, -0.15) is 0 Å². The number of nitrogens with zero attached hydrogens (tertiary/aromatic N) is 4. The zero-order chi connectivity index (χ0) is 29.5. The van der Waals surface area contributed by atoms with E-state index in [4.69, 9.17) is 14.2 Å². The summed E-state index contributed by atoms with van der Waals surface area (Å²) in [7, 11) is 3.97. The van der Waals surface area contributed by atoms with Crippen LogP contribution in [0, 0.1) is 0 Å². The predicted octanol–water partition coefficient (Wildman–Crippen LogP) is 1.90. The SMILES string of the molecule is CN(C)c1ccc(/C=C/C(=O)c2ccc(OCCCN3CCN4CC(=O)O[C@@]45[Al]([F])[C@]54OC(=O)CN4CC3)cc2)cc1. The molecule has 0 bridgehead atoms. The van der Waals surface area contributed by atoms with Gasteiger partial charge in [-0.05, 0) is 54.5 Å². The van der Waals surface area contributed by atoms with E-state index in [-0.39, 0.29) is 18.9 Å². The maximum Gasteiger partial charge on any atom is 0.672 e. The Morgan fingerprint density at radius 3 is 2.12 bits per heavy atom. The van der Waals surface area contributed by atoms with Gasteiger partial charge in [0.25, 0.3) is 0 Å². The first-order valence-electron chi connectivity index (χ1n) is 14.3. The fraction of sp³-hybridized carbons (Fsp3) is 0.433. The van der Waals surface area contributed by atoms with Gasteiger partial charge in [-0.15, -0.1) is 0 Å². The Balaban J connectivity index is 0.984. The van der Waals surface area contributed by atoms with Crippen molar-refractivity contribution in [2.75, 3.05) is 71.4 Å². The van der Waals surface area contributed by atoms with Gasteiger partial charge < -0.3 is 27.5 Å². The first kappa shape index (κ1) is 28.8. The Morgan fingerprint density at radius 2 is 1.55 bits per heavy atom. The van der Waals surface area contributed by atoms with E-state index in [1.54, 1.807) is 40.1 Å². The third-order valence-corrected chi connectivity index (χ3v) is 11.3. The van der Waals surface area contributed by atoms with E-state index in [9.17, 15) is 14.4 Å². The van der Waals surface area contributed by atoms with Crippen molar-refractivity contribution in [1.29, 1.82) is 0 Å². The smallest absolute Gasteiger partial charge is 0.494 e. The summed E-state index contributed by atoms with van der Waals surface area (Å²) in [6, 6.07) is 15.1. The van der Waals surface area contributed by atoms with Crippen LogP contribution in [0.2, 0.25) is 0 Å². The molecular weight excluding hydrogens is 558 g/mol. The molecule has 0 N–H and O–H groups in total. The molecule has 0 unspecified atom stereocenters. The van der Waals surface area contributed by atoms with Crippen molar-refractivity contribution in [1.82, 2.24) is 14.7 Å². The van der Waals surface area contributed by atoms with Crippen LogP contribution in [0.1, 0.15) is 22.3 Å². The van der Waals surface area contributed by atoms with Crippen LogP contribution in [0.3, 0.4) is 0 Å². The number of ketones is 1. The Kier molecular flexibility index (Phi) is 7.85. The predicted molar refractivity (Wildman–Crippen MR) is 155 cm³/mol. The van der Waals surface area contributed by atoms with Crippen LogP contribution in [0.25, 0.3) is 6.08 Å². The van der Waals surface area contributed by atoms with Crippen molar-refractivity contribution in [2.45, 2.75) is 15.6 Å². The minimum atomic E-state index is -3.19. The average molecular weight is 593 g/mol. The summed E-state index contributed by atoms with van der Waals surface area (Å²) in [5.74, 6) is -0.333. The van der Waals surface area contributed by atoms with Crippen LogP contribution < -0.4 is 9.64 Å². The van der Waals surface area contributed by atoms with Crippen molar-refractivity contribution in [3.8, 4) is 5.75 Å². The van der Waals surface area contributed by atoms with E-state index in [1.807, 2.05) is 49.3 Å². The molecule has 0 radical (unpaired) electrons. The van der Waals surface area contributed by atoms with Crippen LogP contribution in [-0.2, 0) is 19.1 Å². The fourth-order valence-electron chi connectivity index (χ4n) is 6.16. The maximum atomic E-state index is 15.4. The zero-order valence-corrected chi connectivity index (χ0v) is 25.0. The lowest BCUT2D eigenvalue weighted by atomic mass is 10.1. The Hall–Kier alpha value is -3.27. The van der Waals surface area contributed by atoms with Gasteiger partial charge in [-0.3, -0.25) is 24.2 Å². The zero-order valence-electron chi connectivity index (χ0n) is 23.8.